The number of carboxylic acids is 1. The maximum atomic E-state index is 12.5. The highest BCUT2D eigenvalue weighted by atomic mass is 31.2. The molecule has 2 unspecified atom stereocenters. The number of aliphatic hydroxyl groups is 1. The first-order chi connectivity index (χ1) is 40.0. The molecule has 0 amide bonds. The van der Waals surface area contributed by atoms with Crippen LogP contribution in [0.4, 0.5) is 0 Å². The lowest BCUT2D eigenvalue weighted by Gasteiger charge is -2.20. The fraction of sp³-hybridized carbons (Fsp3) is 0.642. The van der Waals surface area contributed by atoms with Gasteiger partial charge in [0.15, 0.2) is 22.6 Å². The fourth-order valence-electron chi connectivity index (χ4n) is 7.67. The summed E-state index contributed by atoms with van der Waals surface area (Å²) < 4.78 is 48.3. The monoisotopic (exact) mass is 1320 g/mol. The van der Waals surface area contributed by atoms with Crippen molar-refractivity contribution in [1.29, 1.82) is 0 Å². The Balaban J connectivity index is 0. The molecule has 4 aromatic rings. The van der Waals surface area contributed by atoms with Crippen LogP contribution in [-0.4, -0.2) is 106 Å². The quantitative estimate of drug-likeness (QED) is 0.0331. The van der Waals surface area contributed by atoms with Crippen LogP contribution in [0.25, 0.3) is 0 Å². The first kappa shape index (κ1) is 86.7. The number of carboxylic acid groups (broad SMARTS) is 1. The molecule has 4 heterocycles. The van der Waals surface area contributed by atoms with Crippen molar-refractivity contribution in [3.63, 3.8) is 0 Å². The highest BCUT2D eigenvalue weighted by Gasteiger charge is 2.30. The number of nitrogens with zero attached hydrogens (tertiary/aromatic N) is 4. The van der Waals surface area contributed by atoms with E-state index in [-0.39, 0.29) is 74.3 Å². The highest BCUT2D eigenvalue weighted by Crippen LogP contribution is 2.48. The predicted octanol–water partition coefficient (Wildman–Crippen LogP) is 14.2. The van der Waals surface area contributed by atoms with Crippen molar-refractivity contribution in [3.05, 3.63) is 112 Å². The molecule has 0 saturated carbocycles. The van der Waals surface area contributed by atoms with Crippen molar-refractivity contribution in [3.8, 4) is 0 Å². The summed E-state index contributed by atoms with van der Waals surface area (Å²) in [5.41, 5.74) is 3.71. The third-order valence-corrected chi connectivity index (χ3v) is 22.4. The molecule has 2 atom stereocenters. The zero-order valence-corrected chi connectivity index (χ0v) is 62.1. The standard InChI is InChI=1S/C15H26NO2P.C12H20NO2P.C11H15NO2.C10H16NO3P.C10H21O2P.C9H16O3/c1-6-19(18,7-2)12-14-10-8-9-13(16(14)17)11-15(3,4)5;1-5-16(14,15)11-8-6-7-10(13-11)9-12(2,3)4;1-11(2,3)7-8-5-4-6-9(12-8)10(13)14;1-10(2,3)7-8-5-4-6-9(11-8)15(12,13)14;1-6-13(12,7-2)8-9(11)10(3,4)5;1-6(10)7(11)5-8(12)9(2,3)4/h8-10H,6-7,11-12H2,1-5H3;6-8H,5,9H2,1-4H3,(H,14,15);4-6H,7H2,1-3H3,(H,13,14);4-6H,7H2,1-3H3,(H2,12,13,14);6-8H2,1-5H3;7,11H,5H2,1-4H3. The molecule has 18 nitrogen and oxygen atoms in total. The van der Waals surface area contributed by atoms with Crippen LogP contribution >= 0.6 is 29.2 Å². The Hall–Kier alpha value is -4.36. The fourth-order valence-corrected chi connectivity index (χ4v) is 12.7. The average molecular weight is 1320 g/mol. The molecular formula is C67H114N4O14P4. The minimum Gasteiger partial charge on any atom is -0.618 e. The Kier molecular flexibility index (Phi) is 35.8. The Morgan fingerprint density at radius 2 is 0.854 bits per heavy atom. The largest absolute Gasteiger partial charge is 0.618 e. The second kappa shape index (κ2) is 36.8. The molecule has 0 radical (unpaired) electrons. The van der Waals surface area contributed by atoms with Crippen LogP contribution in [0.15, 0.2) is 72.8 Å². The van der Waals surface area contributed by atoms with E-state index < -0.39 is 46.7 Å². The van der Waals surface area contributed by atoms with Gasteiger partial charge in [-0.25, -0.2) is 19.7 Å². The zero-order valence-electron chi connectivity index (χ0n) is 58.5. The molecular weight excluding hydrogens is 1210 g/mol. The molecule has 0 saturated heterocycles. The van der Waals surface area contributed by atoms with Gasteiger partial charge < -0.3 is 39.2 Å². The molecule has 0 bridgehead atoms. The number of carbonyl (C=O) groups excluding carboxylic acids is 3. The van der Waals surface area contributed by atoms with Gasteiger partial charge in [-0.1, -0.05) is 177 Å². The highest BCUT2D eigenvalue weighted by molar-refractivity contribution is 7.65. The van der Waals surface area contributed by atoms with Crippen molar-refractivity contribution in [2.45, 2.75) is 211 Å². The molecule has 0 aliphatic rings. The third-order valence-electron chi connectivity index (χ3n) is 13.3. The Labute approximate surface area is 535 Å². The van der Waals surface area contributed by atoms with Crippen molar-refractivity contribution < 1.29 is 67.1 Å². The number of hydrogen-bond donors (Lipinski definition) is 5. The van der Waals surface area contributed by atoms with Crippen molar-refractivity contribution in [2.24, 2.45) is 32.5 Å². The number of aliphatic hydroxyl groups excluding tert-OH is 1. The summed E-state index contributed by atoms with van der Waals surface area (Å²) in [6.45, 7) is 46.8. The number of rotatable bonds is 19. The predicted molar refractivity (Wildman–Crippen MR) is 366 cm³/mol. The number of carbonyl (C=O) groups is 4. The third kappa shape index (κ3) is 38.3. The number of aromatic nitrogens is 4. The van der Waals surface area contributed by atoms with E-state index in [9.17, 15) is 47.5 Å². The molecule has 4 aromatic heterocycles. The number of pyridine rings is 4. The lowest BCUT2D eigenvalue weighted by molar-refractivity contribution is -0.622. The van der Waals surface area contributed by atoms with E-state index in [0.717, 1.165) is 41.1 Å². The number of Topliss-reactive ketones (excluding diaryl/α,β-unsaturated/α-hetero) is 3. The lowest BCUT2D eigenvalue weighted by atomic mass is 9.87. The van der Waals surface area contributed by atoms with Crippen LogP contribution < -0.4 is 15.6 Å². The maximum absolute atomic E-state index is 12.5. The molecule has 0 fully saturated rings. The summed E-state index contributed by atoms with van der Waals surface area (Å²) in [6.07, 6.45) is 5.36. The molecule has 89 heavy (non-hydrogen) atoms. The number of aromatic carboxylic acids is 1. The first-order valence-electron chi connectivity index (χ1n) is 30.6. The van der Waals surface area contributed by atoms with E-state index in [1.54, 1.807) is 58.0 Å². The van der Waals surface area contributed by atoms with Crippen LogP contribution in [0.3, 0.4) is 0 Å². The molecule has 0 aliphatic heterocycles. The van der Waals surface area contributed by atoms with Gasteiger partial charge in [0.2, 0.25) is 7.37 Å². The Morgan fingerprint density at radius 3 is 1.20 bits per heavy atom. The van der Waals surface area contributed by atoms with Crippen LogP contribution in [0, 0.1) is 37.7 Å². The maximum Gasteiger partial charge on any atom is 0.374 e. The van der Waals surface area contributed by atoms with Gasteiger partial charge in [0.25, 0.3) is 0 Å². The van der Waals surface area contributed by atoms with Gasteiger partial charge in [-0.15, -0.1) is 0 Å². The van der Waals surface area contributed by atoms with Gasteiger partial charge >= 0.3 is 13.6 Å². The van der Waals surface area contributed by atoms with Gasteiger partial charge in [-0.3, -0.25) is 23.5 Å². The second-order valence-corrected chi connectivity index (χ2v) is 40.9. The molecule has 506 valence electrons. The molecule has 0 aliphatic carbocycles. The van der Waals surface area contributed by atoms with Crippen molar-refractivity contribution >= 4 is 63.4 Å². The normalized spacial score (nSPS) is 13.3. The summed E-state index contributed by atoms with van der Waals surface area (Å²) >= 11 is 0. The summed E-state index contributed by atoms with van der Waals surface area (Å²) in [4.78, 5) is 84.1. The van der Waals surface area contributed by atoms with Gasteiger partial charge in [-0.05, 0) is 115 Å². The minimum atomic E-state index is -4.22. The van der Waals surface area contributed by atoms with Gasteiger partial charge in [0.05, 0.1) is 26.6 Å². The van der Waals surface area contributed by atoms with Crippen LogP contribution in [0.1, 0.15) is 212 Å². The smallest absolute Gasteiger partial charge is 0.374 e. The summed E-state index contributed by atoms with van der Waals surface area (Å²) in [7, 11) is -11.9. The SMILES string of the molecule is CC(=O)C(O)CC(=O)C(C)(C)C.CC(C)(C)Cc1cccc(C(=O)O)n1.CC(C)(C)Cc1cccc(P(=O)(O)O)n1.CCP(=O)(CC)CC(=O)C(C)(C)C.CCP(=O)(CC)Cc1cccc(CC(C)(C)C)[n+]1[O-].CCP(=O)(O)c1cccc(CC(C)(C)C)n1. The molecule has 22 heteroatoms. The first-order valence-corrected chi connectivity index (χ1v) is 38.6. The van der Waals surface area contributed by atoms with Crippen molar-refractivity contribution in [2.75, 3.05) is 37.0 Å². The lowest BCUT2D eigenvalue weighted by Crippen LogP contribution is -2.38. The minimum absolute atomic E-state index is 0.0561. The number of ketones is 3. The Bertz CT molecular complexity index is 3060. The zero-order chi connectivity index (χ0) is 70.2. The second-order valence-electron chi connectivity index (χ2n) is 29.5. The average Bonchev–Trinajstić information content (AvgIpc) is 3.43. The Morgan fingerprint density at radius 1 is 0.494 bits per heavy atom. The molecule has 5 N–H and O–H groups in total. The van der Waals surface area contributed by atoms with E-state index in [0.29, 0.717) is 54.1 Å². The van der Waals surface area contributed by atoms with E-state index in [1.165, 1.54) is 19.1 Å². The summed E-state index contributed by atoms with van der Waals surface area (Å²) in [5, 5.41) is 30.2. The van der Waals surface area contributed by atoms with Crippen LogP contribution in [0.2, 0.25) is 0 Å². The van der Waals surface area contributed by atoms with Gasteiger partial charge in [0, 0.05) is 59.0 Å². The van der Waals surface area contributed by atoms with E-state index in [1.807, 2.05) is 78.8 Å². The van der Waals surface area contributed by atoms with Gasteiger partial charge in [0.1, 0.15) is 28.8 Å². The molecule has 0 aromatic carbocycles. The summed E-state index contributed by atoms with van der Waals surface area (Å²) in [6, 6.07) is 20.8. The van der Waals surface area contributed by atoms with E-state index in [4.69, 9.17) is 20.0 Å². The van der Waals surface area contributed by atoms with Gasteiger partial charge in [-0.2, -0.15) is 4.73 Å². The van der Waals surface area contributed by atoms with Crippen LogP contribution in [-0.2, 0) is 64.5 Å². The van der Waals surface area contributed by atoms with E-state index in [2.05, 4.69) is 98.0 Å². The van der Waals surface area contributed by atoms with Crippen molar-refractivity contribution in [1.82, 2.24) is 15.0 Å². The molecule has 4 rings (SSSR count). The summed E-state index contributed by atoms with van der Waals surface area (Å²) in [5.74, 6) is -1.29. The van der Waals surface area contributed by atoms with E-state index >= 15 is 0 Å². The number of hydrogen-bond acceptors (Lipinski definition) is 13. The van der Waals surface area contributed by atoms with Crippen LogP contribution in [0.5, 0.6) is 0 Å². The topological polar surface area (TPSA) is 303 Å². The molecule has 0 spiro atoms.